The van der Waals surface area contributed by atoms with Gasteiger partial charge in [-0.25, -0.2) is 4.79 Å². The van der Waals surface area contributed by atoms with Crippen LogP contribution in [-0.4, -0.2) is 25.9 Å². The Morgan fingerprint density at radius 2 is 2.00 bits per heavy atom. The largest absolute Gasteiger partial charge is 0.465 e. The van der Waals surface area contributed by atoms with Crippen LogP contribution in [0.15, 0.2) is 11.8 Å². The van der Waals surface area contributed by atoms with Crippen LogP contribution in [0.5, 0.6) is 0 Å². The minimum atomic E-state index is -0.619. The molecule has 0 aliphatic rings. The van der Waals surface area contributed by atoms with Crippen molar-refractivity contribution in [2.24, 2.45) is 0 Å². The van der Waals surface area contributed by atoms with Crippen molar-refractivity contribution >= 4 is 11.8 Å². The lowest BCUT2D eigenvalue weighted by molar-refractivity contribution is -0.137. The molecule has 1 N–H and O–H groups in total. The predicted molar refractivity (Wildman–Crippen MR) is 39.8 cm³/mol. The number of methoxy groups -OCH3 is 1. The van der Waals surface area contributed by atoms with Gasteiger partial charge in [0.1, 0.15) is 5.57 Å². The zero-order valence-electron chi connectivity index (χ0n) is 6.80. The summed E-state index contributed by atoms with van der Waals surface area (Å²) in [5.41, 5.74) is 0.0231. The topological polar surface area (TPSA) is 55.4 Å². The van der Waals surface area contributed by atoms with Crippen molar-refractivity contribution in [1.82, 2.24) is 5.32 Å². The molecular formula is C7H11NO3. The van der Waals surface area contributed by atoms with Gasteiger partial charge in [-0.15, -0.1) is 0 Å². The molecule has 0 unspecified atom stereocenters. The van der Waals surface area contributed by atoms with Gasteiger partial charge in [0.15, 0.2) is 5.78 Å². The fourth-order valence-corrected chi connectivity index (χ4v) is 0.559. The van der Waals surface area contributed by atoms with Gasteiger partial charge in [-0.3, -0.25) is 4.79 Å². The van der Waals surface area contributed by atoms with Crippen molar-refractivity contribution in [2.75, 3.05) is 14.2 Å². The van der Waals surface area contributed by atoms with Crippen molar-refractivity contribution < 1.29 is 14.3 Å². The highest BCUT2D eigenvalue weighted by molar-refractivity contribution is 6.16. The molecule has 0 heterocycles. The second kappa shape index (κ2) is 4.49. The summed E-state index contributed by atoms with van der Waals surface area (Å²) in [4.78, 5) is 21.5. The summed E-state index contributed by atoms with van der Waals surface area (Å²) >= 11 is 0. The number of carbonyl (C=O) groups is 2. The maximum absolute atomic E-state index is 10.8. The minimum Gasteiger partial charge on any atom is -0.465 e. The number of esters is 1. The first-order valence-electron chi connectivity index (χ1n) is 3.10. The van der Waals surface area contributed by atoms with Gasteiger partial charge in [0.05, 0.1) is 7.11 Å². The minimum absolute atomic E-state index is 0.0231. The normalized spacial score (nSPS) is 10.6. The average molecular weight is 157 g/mol. The van der Waals surface area contributed by atoms with E-state index in [4.69, 9.17) is 0 Å². The zero-order valence-corrected chi connectivity index (χ0v) is 6.80. The number of hydrogen-bond donors (Lipinski definition) is 1. The van der Waals surface area contributed by atoms with Crippen molar-refractivity contribution in [3.8, 4) is 0 Å². The van der Waals surface area contributed by atoms with E-state index in [1.54, 1.807) is 7.05 Å². The Labute approximate surface area is 65.2 Å². The second-order valence-corrected chi connectivity index (χ2v) is 1.89. The van der Waals surface area contributed by atoms with E-state index in [0.717, 1.165) is 0 Å². The smallest absolute Gasteiger partial charge is 0.342 e. The second-order valence-electron chi connectivity index (χ2n) is 1.89. The van der Waals surface area contributed by atoms with Crippen LogP contribution in [0, 0.1) is 0 Å². The fraction of sp³-hybridized carbons (Fsp3) is 0.429. The van der Waals surface area contributed by atoms with E-state index in [9.17, 15) is 9.59 Å². The number of Topliss-reactive ketones (excluding diaryl/α,β-unsaturated/α-hetero) is 1. The highest BCUT2D eigenvalue weighted by Gasteiger charge is 2.13. The number of nitrogens with one attached hydrogen (secondary N) is 1. The van der Waals surface area contributed by atoms with E-state index < -0.39 is 5.97 Å². The lowest BCUT2D eigenvalue weighted by atomic mass is 10.2. The van der Waals surface area contributed by atoms with Gasteiger partial charge >= 0.3 is 5.97 Å². The summed E-state index contributed by atoms with van der Waals surface area (Å²) in [6.45, 7) is 1.31. The molecule has 0 atom stereocenters. The molecule has 0 aromatic heterocycles. The van der Waals surface area contributed by atoms with Gasteiger partial charge in [0, 0.05) is 13.2 Å². The van der Waals surface area contributed by atoms with Gasteiger partial charge < -0.3 is 10.1 Å². The summed E-state index contributed by atoms with van der Waals surface area (Å²) in [6.07, 6.45) is 1.31. The molecule has 0 spiro atoms. The third kappa shape index (κ3) is 2.84. The lowest BCUT2D eigenvalue weighted by Crippen LogP contribution is -2.14. The number of ketones is 1. The first-order chi connectivity index (χ1) is 5.13. The van der Waals surface area contributed by atoms with Crippen LogP contribution < -0.4 is 5.32 Å². The molecule has 0 aliphatic heterocycles. The monoisotopic (exact) mass is 157 g/mol. The lowest BCUT2D eigenvalue weighted by Gasteiger charge is -1.99. The maximum atomic E-state index is 10.8. The van der Waals surface area contributed by atoms with Crippen molar-refractivity contribution in [2.45, 2.75) is 6.92 Å². The van der Waals surface area contributed by atoms with Crippen LogP contribution in [0.2, 0.25) is 0 Å². The summed E-state index contributed by atoms with van der Waals surface area (Å²) in [5.74, 6) is -0.932. The van der Waals surface area contributed by atoms with E-state index in [-0.39, 0.29) is 11.4 Å². The quantitative estimate of drug-likeness (QED) is 0.268. The van der Waals surface area contributed by atoms with Gasteiger partial charge in [-0.1, -0.05) is 0 Å². The molecule has 0 aliphatic carbocycles. The molecule has 0 rings (SSSR count). The van der Waals surface area contributed by atoms with E-state index in [2.05, 4.69) is 10.1 Å². The molecule has 0 aromatic rings. The van der Waals surface area contributed by atoms with Gasteiger partial charge in [-0.05, 0) is 6.92 Å². The summed E-state index contributed by atoms with van der Waals surface area (Å²) < 4.78 is 4.36. The Morgan fingerprint density at radius 3 is 2.27 bits per heavy atom. The SMILES string of the molecule is CN/C=C(/C(C)=O)C(=O)OC. The van der Waals surface area contributed by atoms with Gasteiger partial charge in [0.25, 0.3) is 0 Å². The molecule has 4 nitrogen and oxygen atoms in total. The number of ether oxygens (including phenoxy) is 1. The molecule has 4 heteroatoms. The third-order valence-electron chi connectivity index (χ3n) is 1.07. The molecule has 0 aromatic carbocycles. The van der Waals surface area contributed by atoms with Crippen LogP contribution in [0.1, 0.15) is 6.92 Å². The molecule has 0 radical (unpaired) electrons. The van der Waals surface area contributed by atoms with Crippen molar-refractivity contribution in [3.63, 3.8) is 0 Å². The van der Waals surface area contributed by atoms with Crippen LogP contribution in [0.4, 0.5) is 0 Å². The van der Waals surface area contributed by atoms with Crippen molar-refractivity contribution in [3.05, 3.63) is 11.8 Å². The number of carbonyl (C=O) groups excluding carboxylic acids is 2. The molecular weight excluding hydrogens is 146 g/mol. The fourth-order valence-electron chi connectivity index (χ4n) is 0.559. The molecule has 0 fully saturated rings. The Kier molecular flexibility index (Phi) is 3.95. The maximum Gasteiger partial charge on any atom is 0.342 e. The first kappa shape index (κ1) is 9.68. The van der Waals surface area contributed by atoms with Crippen molar-refractivity contribution in [1.29, 1.82) is 0 Å². The Hall–Kier alpha value is -1.32. The van der Waals surface area contributed by atoms with Crippen LogP contribution in [0.25, 0.3) is 0 Å². The standard InChI is InChI=1S/C7H11NO3/c1-5(9)6(4-8-2)7(10)11-3/h4,8H,1-3H3/b6-4-. The van der Waals surface area contributed by atoms with Gasteiger partial charge in [-0.2, -0.15) is 0 Å². The van der Waals surface area contributed by atoms with E-state index in [1.807, 2.05) is 0 Å². The highest BCUT2D eigenvalue weighted by atomic mass is 16.5. The Balaban J connectivity index is 4.48. The predicted octanol–water partition coefficient (Wildman–Crippen LogP) is -0.148. The molecule has 0 saturated heterocycles. The number of hydrogen-bond acceptors (Lipinski definition) is 4. The third-order valence-corrected chi connectivity index (χ3v) is 1.07. The van der Waals surface area contributed by atoms with E-state index in [1.165, 1.54) is 20.2 Å². The van der Waals surface area contributed by atoms with Crippen LogP contribution in [0.3, 0.4) is 0 Å². The Bertz CT molecular complexity index is 196. The molecule has 0 bridgehead atoms. The summed E-state index contributed by atoms with van der Waals surface area (Å²) in [5, 5.41) is 2.58. The number of rotatable bonds is 3. The van der Waals surface area contributed by atoms with E-state index in [0.29, 0.717) is 0 Å². The van der Waals surface area contributed by atoms with Crippen LogP contribution in [-0.2, 0) is 14.3 Å². The average Bonchev–Trinajstić information content (AvgIpc) is 1.98. The summed E-state index contributed by atoms with van der Waals surface area (Å²) in [6, 6.07) is 0. The molecule has 62 valence electrons. The van der Waals surface area contributed by atoms with E-state index >= 15 is 0 Å². The Morgan fingerprint density at radius 1 is 1.45 bits per heavy atom. The molecule has 0 amide bonds. The highest BCUT2D eigenvalue weighted by Crippen LogP contribution is 1.96. The van der Waals surface area contributed by atoms with Crippen LogP contribution >= 0.6 is 0 Å². The first-order valence-corrected chi connectivity index (χ1v) is 3.10. The zero-order chi connectivity index (χ0) is 8.85. The summed E-state index contributed by atoms with van der Waals surface area (Å²) in [7, 11) is 2.83. The molecule has 0 saturated carbocycles. The van der Waals surface area contributed by atoms with Gasteiger partial charge in [0.2, 0.25) is 0 Å². The molecule has 11 heavy (non-hydrogen) atoms.